The second-order valence-corrected chi connectivity index (χ2v) is 10.5. The van der Waals surface area contributed by atoms with E-state index in [1.165, 1.54) is 32.2 Å². The molecule has 4 aliphatic rings. The molecule has 7 nitrogen and oxygen atoms in total. The minimum absolute atomic E-state index is 0.0932. The Morgan fingerprint density at radius 2 is 2.10 bits per heavy atom. The second kappa shape index (κ2) is 8.21. The fourth-order valence-electron chi connectivity index (χ4n) is 5.06. The van der Waals surface area contributed by atoms with Crippen molar-refractivity contribution in [1.29, 1.82) is 0 Å². The van der Waals surface area contributed by atoms with Crippen molar-refractivity contribution >= 4 is 18.0 Å². The van der Waals surface area contributed by atoms with Crippen LogP contribution in [0.2, 0.25) is 0 Å². The highest BCUT2D eigenvalue weighted by Gasteiger charge is 2.38. The maximum absolute atomic E-state index is 12.5. The van der Waals surface area contributed by atoms with Crippen LogP contribution in [0.15, 0.2) is 10.6 Å². The molecule has 1 aromatic rings. The summed E-state index contributed by atoms with van der Waals surface area (Å²) in [6, 6.07) is 2.48. The number of rotatable bonds is 5. The van der Waals surface area contributed by atoms with Gasteiger partial charge in [0.05, 0.1) is 0 Å². The molecule has 160 valence electrons. The number of carbonyl (C=O) groups excluding carboxylic acids is 1. The summed E-state index contributed by atoms with van der Waals surface area (Å²) in [6.07, 6.45) is 9.47. The van der Waals surface area contributed by atoms with Crippen molar-refractivity contribution in [2.24, 2.45) is 0 Å². The van der Waals surface area contributed by atoms with Crippen molar-refractivity contribution in [1.82, 2.24) is 24.4 Å². The summed E-state index contributed by atoms with van der Waals surface area (Å²) in [5, 5.41) is 10.9. The van der Waals surface area contributed by atoms with Gasteiger partial charge in [0.1, 0.15) is 5.76 Å². The van der Waals surface area contributed by atoms with Crippen LogP contribution in [0.3, 0.4) is 0 Å². The molecular weight excluding hydrogens is 386 g/mol. The topological polar surface area (TPSA) is 73.6 Å². The molecule has 0 bridgehead atoms. The van der Waals surface area contributed by atoms with Gasteiger partial charge < -0.3 is 15.2 Å². The quantitative estimate of drug-likeness (QED) is 0.711. The Balaban J connectivity index is 1.07. The molecule has 0 aromatic carbocycles. The Hall–Kier alpha value is -1.09. The SMILES string of the molecule is CC1CC(NC(=O)c2cc(C3CC3)on2)CCN1SN1CCC2(CCCN2)CC1. The normalized spacial score (nSPS) is 30.7. The maximum Gasteiger partial charge on any atom is 0.273 e. The first kappa shape index (κ1) is 19.8. The van der Waals surface area contributed by atoms with Gasteiger partial charge in [0.25, 0.3) is 5.91 Å². The average molecular weight is 420 g/mol. The largest absolute Gasteiger partial charge is 0.360 e. The van der Waals surface area contributed by atoms with Gasteiger partial charge in [-0.25, -0.2) is 8.61 Å². The molecule has 1 aliphatic carbocycles. The van der Waals surface area contributed by atoms with Crippen LogP contribution in [0.1, 0.15) is 80.5 Å². The van der Waals surface area contributed by atoms with E-state index in [1.54, 1.807) is 0 Å². The number of nitrogens with one attached hydrogen (secondary N) is 2. The highest BCUT2D eigenvalue weighted by atomic mass is 32.2. The van der Waals surface area contributed by atoms with Crippen molar-refractivity contribution in [3.8, 4) is 0 Å². The monoisotopic (exact) mass is 419 g/mol. The van der Waals surface area contributed by atoms with Crippen LogP contribution in [-0.4, -0.2) is 63.5 Å². The van der Waals surface area contributed by atoms with Crippen LogP contribution < -0.4 is 10.6 Å². The molecule has 0 radical (unpaired) electrons. The third kappa shape index (κ3) is 4.50. The van der Waals surface area contributed by atoms with Gasteiger partial charge in [-0.2, -0.15) is 0 Å². The lowest BCUT2D eigenvalue weighted by atomic mass is 9.87. The molecule has 8 heteroatoms. The first-order valence-corrected chi connectivity index (χ1v) is 12.1. The average Bonchev–Trinajstić information content (AvgIpc) is 3.27. The Morgan fingerprint density at radius 3 is 2.79 bits per heavy atom. The number of carbonyl (C=O) groups is 1. The molecule has 29 heavy (non-hydrogen) atoms. The second-order valence-electron chi connectivity index (χ2n) is 9.39. The van der Waals surface area contributed by atoms with Crippen molar-refractivity contribution in [3.63, 3.8) is 0 Å². The Bertz CT molecular complexity index is 720. The first-order chi connectivity index (χ1) is 14.1. The zero-order chi connectivity index (χ0) is 19.8. The van der Waals surface area contributed by atoms with E-state index in [2.05, 4.69) is 31.3 Å². The molecule has 1 amide bonds. The number of nitrogens with zero attached hydrogens (tertiary/aromatic N) is 3. The van der Waals surface area contributed by atoms with Gasteiger partial charge in [-0.3, -0.25) is 4.79 Å². The maximum atomic E-state index is 12.5. The summed E-state index contributed by atoms with van der Waals surface area (Å²) in [4.78, 5) is 12.5. The van der Waals surface area contributed by atoms with Crippen LogP contribution in [0, 0.1) is 0 Å². The highest BCUT2D eigenvalue weighted by molar-refractivity contribution is 7.94. The van der Waals surface area contributed by atoms with E-state index in [0.29, 0.717) is 23.2 Å². The highest BCUT2D eigenvalue weighted by Crippen LogP contribution is 2.40. The van der Waals surface area contributed by atoms with Crippen LogP contribution >= 0.6 is 12.1 Å². The zero-order valence-corrected chi connectivity index (χ0v) is 18.2. The smallest absolute Gasteiger partial charge is 0.273 e. The molecule has 5 rings (SSSR count). The molecular formula is C21H33N5O2S. The van der Waals surface area contributed by atoms with Gasteiger partial charge in [-0.15, -0.1) is 0 Å². The Morgan fingerprint density at radius 1 is 1.28 bits per heavy atom. The molecule has 2 N–H and O–H groups in total. The fraction of sp³-hybridized carbons (Fsp3) is 0.810. The minimum Gasteiger partial charge on any atom is -0.360 e. The lowest BCUT2D eigenvalue weighted by molar-refractivity contribution is 0.0905. The van der Waals surface area contributed by atoms with Gasteiger partial charge in [0, 0.05) is 61.4 Å². The van der Waals surface area contributed by atoms with Crippen LogP contribution in [0.25, 0.3) is 0 Å². The molecule has 2 atom stereocenters. The van der Waals surface area contributed by atoms with Crippen LogP contribution in [-0.2, 0) is 0 Å². The predicted molar refractivity (Wildman–Crippen MR) is 113 cm³/mol. The number of hydrogen-bond acceptors (Lipinski definition) is 7. The predicted octanol–water partition coefficient (Wildman–Crippen LogP) is 2.92. The van der Waals surface area contributed by atoms with Gasteiger partial charge in [0.15, 0.2) is 5.69 Å². The number of piperidine rings is 2. The minimum atomic E-state index is -0.0932. The summed E-state index contributed by atoms with van der Waals surface area (Å²) >= 11 is 1.92. The van der Waals surface area contributed by atoms with Gasteiger partial charge in [-0.05, 0) is 64.8 Å². The molecule has 3 saturated heterocycles. The molecule has 1 spiro atoms. The summed E-state index contributed by atoms with van der Waals surface area (Å²) in [7, 11) is 0. The van der Waals surface area contributed by atoms with Crippen molar-refractivity contribution < 1.29 is 9.32 Å². The van der Waals surface area contributed by atoms with Gasteiger partial charge in [-0.1, -0.05) is 5.16 Å². The van der Waals surface area contributed by atoms with Crippen LogP contribution in [0.4, 0.5) is 0 Å². The third-order valence-electron chi connectivity index (χ3n) is 7.12. The number of amides is 1. The summed E-state index contributed by atoms with van der Waals surface area (Å²) in [5.74, 6) is 1.26. The Labute approximate surface area is 177 Å². The van der Waals surface area contributed by atoms with E-state index < -0.39 is 0 Å². The van der Waals surface area contributed by atoms with Crippen molar-refractivity contribution in [2.75, 3.05) is 26.2 Å². The first-order valence-electron chi connectivity index (χ1n) is 11.3. The standard InChI is InChI=1S/C21H33N5O2S/c1-15-13-17(23-20(27)18-14-19(28-24-18)16-3-4-16)5-10-26(15)29-25-11-7-21(8-12-25)6-2-9-22-21/h14-17,22H,2-13H2,1H3,(H,23,27). The Kier molecular flexibility index (Phi) is 5.62. The van der Waals surface area contributed by atoms with Gasteiger partial charge in [0.2, 0.25) is 0 Å². The van der Waals surface area contributed by atoms with E-state index in [4.69, 9.17) is 4.52 Å². The van der Waals surface area contributed by atoms with E-state index in [1.807, 2.05) is 18.2 Å². The number of aromatic nitrogens is 1. The molecule has 1 saturated carbocycles. The molecule has 4 fully saturated rings. The van der Waals surface area contributed by atoms with E-state index in [9.17, 15) is 4.79 Å². The number of hydrogen-bond donors (Lipinski definition) is 2. The van der Waals surface area contributed by atoms with Crippen molar-refractivity contribution in [2.45, 2.75) is 81.8 Å². The summed E-state index contributed by atoms with van der Waals surface area (Å²) in [5.41, 5.74) is 0.861. The molecule has 3 aliphatic heterocycles. The fourth-order valence-corrected chi connectivity index (χ4v) is 6.14. The molecule has 4 heterocycles. The van der Waals surface area contributed by atoms with Crippen molar-refractivity contribution in [3.05, 3.63) is 17.5 Å². The van der Waals surface area contributed by atoms with E-state index in [0.717, 1.165) is 51.1 Å². The lowest BCUT2D eigenvalue weighted by Gasteiger charge is -2.43. The summed E-state index contributed by atoms with van der Waals surface area (Å²) < 4.78 is 10.4. The summed E-state index contributed by atoms with van der Waals surface area (Å²) in [6.45, 7) is 6.80. The molecule has 2 unspecified atom stereocenters. The zero-order valence-electron chi connectivity index (χ0n) is 17.4. The molecule has 1 aromatic heterocycles. The van der Waals surface area contributed by atoms with Crippen LogP contribution in [0.5, 0.6) is 0 Å². The van der Waals surface area contributed by atoms with E-state index >= 15 is 0 Å². The lowest BCUT2D eigenvalue weighted by Crippen LogP contribution is -2.51. The van der Waals surface area contributed by atoms with Gasteiger partial charge >= 0.3 is 0 Å². The van der Waals surface area contributed by atoms with E-state index in [-0.39, 0.29) is 11.9 Å². The third-order valence-corrected chi connectivity index (χ3v) is 8.47.